The Labute approximate surface area is 88.7 Å². The minimum atomic E-state index is 1.12. The second-order valence-electron chi connectivity index (χ2n) is 3.19. The number of nitrogens with one attached hydrogen (secondary N) is 1. The van der Waals surface area contributed by atoms with Crippen LogP contribution in [0, 0.1) is 0 Å². The molecule has 0 fully saturated rings. The summed E-state index contributed by atoms with van der Waals surface area (Å²) in [4.78, 5) is 0. The first-order valence-electron chi connectivity index (χ1n) is 4.72. The number of hydrogen-bond donors (Lipinski definition) is 1. The third-order valence-corrected chi connectivity index (χ3v) is 2.52. The highest BCUT2D eigenvalue weighted by atomic mass is 79.9. The van der Waals surface area contributed by atoms with Crippen LogP contribution in [-0.4, -0.2) is 13.6 Å². The number of halogens is 1. The van der Waals surface area contributed by atoms with Crippen LogP contribution in [0.4, 0.5) is 0 Å². The average molecular weight is 242 g/mol. The van der Waals surface area contributed by atoms with Crippen molar-refractivity contribution in [2.24, 2.45) is 0 Å². The first kappa shape index (κ1) is 10.7. The van der Waals surface area contributed by atoms with Gasteiger partial charge in [-0.05, 0) is 50.6 Å². The zero-order valence-electron chi connectivity index (χ0n) is 8.02. The van der Waals surface area contributed by atoms with E-state index in [0.717, 1.165) is 6.54 Å². The molecule has 0 atom stereocenters. The highest BCUT2D eigenvalue weighted by Crippen LogP contribution is 2.13. The van der Waals surface area contributed by atoms with E-state index in [1.807, 2.05) is 7.05 Å². The maximum absolute atomic E-state index is 3.47. The predicted octanol–water partition coefficient (Wildman–Crippen LogP) is 2.99. The highest BCUT2D eigenvalue weighted by molar-refractivity contribution is 9.10. The molecule has 72 valence electrons. The summed E-state index contributed by atoms with van der Waals surface area (Å²) in [6, 6.07) is 8.54. The normalized spacial score (nSPS) is 10.3. The quantitative estimate of drug-likeness (QED) is 0.782. The van der Waals surface area contributed by atoms with Gasteiger partial charge in [0, 0.05) is 4.47 Å². The van der Waals surface area contributed by atoms with Gasteiger partial charge in [-0.2, -0.15) is 0 Å². The van der Waals surface area contributed by atoms with Crippen LogP contribution in [-0.2, 0) is 6.42 Å². The van der Waals surface area contributed by atoms with Gasteiger partial charge in [-0.3, -0.25) is 0 Å². The highest BCUT2D eigenvalue weighted by Gasteiger charge is 1.93. The molecule has 1 aromatic rings. The number of unbranched alkanes of at least 4 members (excludes halogenated alkanes) is 1. The molecule has 0 unspecified atom stereocenters. The summed E-state index contributed by atoms with van der Waals surface area (Å²) in [5.74, 6) is 0. The molecular formula is C11H16BrN. The van der Waals surface area contributed by atoms with E-state index in [0.29, 0.717) is 0 Å². The summed E-state index contributed by atoms with van der Waals surface area (Å²) in [6.07, 6.45) is 3.70. The summed E-state index contributed by atoms with van der Waals surface area (Å²) >= 11 is 3.47. The van der Waals surface area contributed by atoms with Crippen molar-refractivity contribution in [1.29, 1.82) is 0 Å². The molecule has 0 saturated carbocycles. The lowest BCUT2D eigenvalue weighted by Crippen LogP contribution is -2.07. The molecule has 0 saturated heterocycles. The average Bonchev–Trinajstić information content (AvgIpc) is 2.13. The monoisotopic (exact) mass is 241 g/mol. The van der Waals surface area contributed by atoms with Crippen molar-refractivity contribution < 1.29 is 0 Å². The molecule has 0 radical (unpaired) electrons. The molecule has 13 heavy (non-hydrogen) atoms. The smallest absolute Gasteiger partial charge is 0.0177 e. The van der Waals surface area contributed by atoms with Crippen LogP contribution >= 0.6 is 15.9 Å². The topological polar surface area (TPSA) is 12.0 Å². The minimum absolute atomic E-state index is 1.12. The molecular weight excluding hydrogens is 226 g/mol. The molecule has 0 amide bonds. The Balaban J connectivity index is 2.28. The third kappa shape index (κ3) is 4.44. The van der Waals surface area contributed by atoms with E-state index in [9.17, 15) is 0 Å². The van der Waals surface area contributed by atoms with Crippen molar-refractivity contribution in [3.05, 3.63) is 34.3 Å². The lowest BCUT2D eigenvalue weighted by atomic mass is 10.1. The van der Waals surface area contributed by atoms with E-state index in [4.69, 9.17) is 0 Å². The standard InChI is InChI=1S/C11H16BrN/c1-13-8-3-2-5-10-6-4-7-11(12)9-10/h4,6-7,9,13H,2-3,5,8H2,1H3. The second kappa shape index (κ2) is 6.17. The number of hydrogen-bond acceptors (Lipinski definition) is 1. The van der Waals surface area contributed by atoms with Crippen LogP contribution in [0.15, 0.2) is 28.7 Å². The van der Waals surface area contributed by atoms with Crippen molar-refractivity contribution >= 4 is 15.9 Å². The summed E-state index contributed by atoms with van der Waals surface area (Å²) in [6.45, 7) is 1.12. The van der Waals surface area contributed by atoms with E-state index in [-0.39, 0.29) is 0 Å². The Morgan fingerprint density at radius 3 is 2.85 bits per heavy atom. The van der Waals surface area contributed by atoms with Crippen LogP contribution in [0.25, 0.3) is 0 Å². The van der Waals surface area contributed by atoms with Gasteiger partial charge >= 0.3 is 0 Å². The van der Waals surface area contributed by atoms with Crippen molar-refractivity contribution in [2.75, 3.05) is 13.6 Å². The van der Waals surface area contributed by atoms with Crippen molar-refractivity contribution in [3.8, 4) is 0 Å². The van der Waals surface area contributed by atoms with Crippen LogP contribution in [0.5, 0.6) is 0 Å². The zero-order valence-corrected chi connectivity index (χ0v) is 9.60. The summed E-state index contributed by atoms with van der Waals surface area (Å²) < 4.78 is 1.18. The summed E-state index contributed by atoms with van der Waals surface area (Å²) in [5, 5.41) is 3.16. The number of aryl methyl sites for hydroxylation is 1. The molecule has 0 aliphatic carbocycles. The molecule has 0 spiro atoms. The van der Waals surface area contributed by atoms with Gasteiger partial charge in [-0.25, -0.2) is 0 Å². The maximum Gasteiger partial charge on any atom is 0.0177 e. The van der Waals surface area contributed by atoms with Gasteiger partial charge in [0.05, 0.1) is 0 Å². The van der Waals surface area contributed by atoms with E-state index in [1.54, 1.807) is 0 Å². The van der Waals surface area contributed by atoms with Gasteiger partial charge in [0.2, 0.25) is 0 Å². The van der Waals surface area contributed by atoms with Gasteiger partial charge in [0.15, 0.2) is 0 Å². The lowest BCUT2D eigenvalue weighted by molar-refractivity contribution is 0.677. The van der Waals surface area contributed by atoms with Crippen LogP contribution in [0.1, 0.15) is 18.4 Å². The Morgan fingerprint density at radius 2 is 2.15 bits per heavy atom. The minimum Gasteiger partial charge on any atom is -0.320 e. The molecule has 1 N–H and O–H groups in total. The number of rotatable bonds is 5. The van der Waals surface area contributed by atoms with Gasteiger partial charge in [0.25, 0.3) is 0 Å². The SMILES string of the molecule is CNCCCCc1cccc(Br)c1. The lowest BCUT2D eigenvalue weighted by Gasteiger charge is -2.01. The fraction of sp³-hybridized carbons (Fsp3) is 0.455. The summed E-state index contributed by atoms with van der Waals surface area (Å²) in [7, 11) is 2.00. The second-order valence-corrected chi connectivity index (χ2v) is 4.11. The molecule has 1 nitrogen and oxygen atoms in total. The summed E-state index contributed by atoms with van der Waals surface area (Å²) in [5.41, 5.74) is 1.42. The Kier molecular flexibility index (Phi) is 5.09. The molecule has 0 bridgehead atoms. The van der Waals surface area contributed by atoms with E-state index in [2.05, 4.69) is 45.5 Å². The van der Waals surface area contributed by atoms with Gasteiger partial charge in [0.1, 0.15) is 0 Å². The van der Waals surface area contributed by atoms with Gasteiger partial charge in [-0.15, -0.1) is 0 Å². The van der Waals surface area contributed by atoms with Gasteiger partial charge in [-0.1, -0.05) is 28.1 Å². The largest absolute Gasteiger partial charge is 0.320 e. The Morgan fingerprint density at radius 1 is 1.31 bits per heavy atom. The van der Waals surface area contributed by atoms with Crippen molar-refractivity contribution in [2.45, 2.75) is 19.3 Å². The first-order chi connectivity index (χ1) is 6.33. The molecule has 1 aromatic carbocycles. The van der Waals surface area contributed by atoms with E-state index >= 15 is 0 Å². The molecule has 0 aliphatic rings. The van der Waals surface area contributed by atoms with Crippen molar-refractivity contribution in [1.82, 2.24) is 5.32 Å². The molecule has 2 heteroatoms. The Bertz CT molecular complexity index is 248. The first-order valence-corrected chi connectivity index (χ1v) is 5.51. The number of benzene rings is 1. The fourth-order valence-electron chi connectivity index (χ4n) is 1.32. The van der Waals surface area contributed by atoms with E-state index in [1.165, 1.54) is 29.3 Å². The molecule has 0 aromatic heterocycles. The Hall–Kier alpha value is -0.340. The van der Waals surface area contributed by atoms with Gasteiger partial charge < -0.3 is 5.32 Å². The van der Waals surface area contributed by atoms with Crippen molar-refractivity contribution in [3.63, 3.8) is 0 Å². The predicted molar refractivity (Wildman–Crippen MR) is 61.0 cm³/mol. The van der Waals surface area contributed by atoms with Crippen LogP contribution in [0.3, 0.4) is 0 Å². The maximum atomic E-state index is 3.47. The van der Waals surface area contributed by atoms with Crippen LogP contribution < -0.4 is 5.32 Å². The van der Waals surface area contributed by atoms with Crippen LogP contribution in [0.2, 0.25) is 0 Å². The fourth-order valence-corrected chi connectivity index (χ4v) is 1.77. The molecule has 1 rings (SSSR count). The molecule has 0 heterocycles. The van der Waals surface area contributed by atoms with E-state index < -0.39 is 0 Å². The zero-order chi connectivity index (χ0) is 9.52. The molecule has 0 aliphatic heterocycles. The third-order valence-electron chi connectivity index (χ3n) is 2.03.